The van der Waals surface area contributed by atoms with Crippen molar-refractivity contribution in [1.29, 1.82) is 0 Å². The number of rotatable bonds is 5. The first-order valence-corrected chi connectivity index (χ1v) is 8.00. The number of anilines is 1. The molecule has 0 fully saturated rings. The Bertz CT molecular complexity index is 732. The summed E-state index contributed by atoms with van der Waals surface area (Å²) >= 11 is 0. The van der Waals surface area contributed by atoms with E-state index in [0.29, 0.717) is 18.2 Å². The van der Waals surface area contributed by atoms with Gasteiger partial charge in [0.25, 0.3) is 0 Å². The van der Waals surface area contributed by atoms with Gasteiger partial charge in [0.1, 0.15) is 5.82 Å². The summed E-state index contributed by atoms with van der Waals surface area (Å²) in [5, 5.41) is 5.72. The lowest BCUT2D eigenvalue weighted by Gasteiger charge is -2.22. The number of hydrogen-bond acceptors (Lipinski definition) is 2. The van der Waals surface area contributed by atoms with Gasteiger partial charge in [-0.25, -0.2) is 4.39 Å². The number of aliphatic imine (C=N–C) groups is 1. The molecule has 2 rings (SSSR count). The van der Waals surface area contributed by atoms with Crippen LogP contribution in [0.25, 0.3) is 0 Å². The fraction of sp³-hybridized carbons (Fsp3) is 0.263. The maximum atomic E-state index is 12.9. The van der Waals surface area contributed by atoms with Gasteiger partial charge in [0.2, 0.25) is 5.91 Å². The van der Waals surface area contributed by atoms with E-state index in [2.05, 4.69) is 39.9 Å². The number of halogens is 2. The SMILES string of the molecule is CN=C(NCC(=O)Nc1ccc(F)cc1)N(C)Cc1ccc(C)cc1.I. The highest BCUT2D eigenvalue weighted by molar-refractivity contribution is 14.0. The monoisotopic (exact) mass is 470 g/mol. The van der Waals surface area contributed by atoms with Crippen molar-refractivity contribution in [3.05, 3.63) is 65.5 Å². The first kappa shape index (κ1) is 21.9. The standard InChI is InChI=1S/C19H23FN4O.HI/c1-14-4-6-15(7-5-14)13-24(3)19(21-2)22-12-18(25)23-17-10-8-16(20)9-11-17;/h4-11H,12-13H2,1-3H3,(H,21,22)(H,23,25);1H. The quantitative estimate of drug-likeness (QED) is 0.400. The van der Waals surface area contributed by atoms with E-state index in [1.54, 1.807) is 7.05 Å². The number of benzene rings is 2. The number of amides is 1. The summed E-state index contributed by atoms with van der Waals surface area (Å²) in [4.78, 5) is 18.1. The number of hydrogen-bond donors (Lipinski definition) is 2. The van der Waals surface area contributed by atoms with Crippen molar-refractivity contribution in [2.24, 2.45) is 4.99 Å². The van der Waals surface area contributed by atoms with Gasteiger partial charge in [0.15, 0.2) is 5.96 Å². The van der Waals surface area contributed by atoms with E-state index < -0.39 is 0 Å². The van der Waals surface area contributed by atoms with Gasteiger partial charge in [-0.05, 0) is 36.8 Å². The molecular formula is C19H24FIN4O. The zero-order valence-electron chi connectivity index (χ0n) is 15.1. The molecule has 26 heavy (non-hydrogen) atoms. The highest BCUT2D eigenvalue weighted by atomic mass is 127. The van der Waals surface area contributed by atoms with Gasteiger partial charge in [-0.2, -0.15) is 0 Å². The van der Waals surface area contributed by atoms with E-state index in [1.807, 2.05) is 18.9 Å². The summed E-state index contributed by atoms with van der Waals surface area (Å²) in [5.74, 6) is 0.0561. The first-order chi connectivity index (χ1) is 12.0. The number of aryl methyl sites for hydroxylation is 1. The molecule has 0 spiro atoms. The Labute approximate surface area is 170 Å². The molecule has 0 radical (unpaired) electrons. The van der Waals surface area contributed by atoms with Gasteiger partial charge in [-0.3, -0.25) is 9.79 Å². The third kappa shape index (κ3) is 6.99. The predicted octanol–water partition coefficient (Wildman–Crippen LogP) is 3.40. The highest BCUT2D eigenvalue weighted by Gasteiger charge is 2.09. The molecule has 0 unspecified atom stereocenters. The minimum atomic E-state index is -0.339. The normalized spacial score (nSPS) is 10.7. The highest BCUT2D eigenvalue weighted by Crippen LogP contribution is 2.08. The number of guanidine groups is 1. The van der Waals surface area contributed by atoms with Crippen molar-refractivity contribution >= 4 is 41.5 Å². The second kappa shape index (κ2) is 10.7. The summed E-state index contributed by atoms with van der Waals surface area (Å²) in [5.41, 5.74) is 2.93. The first-order valence-electron chi connectivity index (χ1n) is 8.00. The van der Waals surface area contributed by atoms with Crippen LogP contribution in [0.5, 0.6) is 0 Å². The van der Waals surface area contributed by atoms with E-state index in [1.165, 1.54) is 29.8 Å². The van der Waals surface area contributed by atoms with Crippen molar-refractivity contribution in [3.63, 3.8) is 0 Å². The molecule has 0 aliphatic carbocycles. The molecule has 0 heterocycles. The molecule has 2 aromatic rings. The Morgan fingerprint density at radius 2 is 1.73 bits per heavy atom. The minimum absolute atomic E-state index is 0. The number of carbonyl (C=O) groups excluding carboxylic acids is 1. The van der Waals surface area contributed by atoms with Crippen LogP contribution in [0.15, 0.2) is 53.5 Å². The molecule has 0 aromatic heterocycles. The zero-order chi connectivity index (χ0) is 18.2. The van der Waals surface area contributed by atoms with Gasteiger partial charge < -0.3 is 15.5 Å². The van der Waals surface area contributed by atoms with Crippen molar-refractivity contribution in [1.82, 2.24) is 10.2 Å². The van der Waals surface area contributed by atoms with Crippen molar-refractivity contribution in [2.45, 2.75) is 13.5 Å². The van der Waals surface area contributed by atoms with Crippen molar-refractivity contribution in [2.75, 3.05) is 26.0 Å². The Morgan fingerprint density at radius 1 is 1.12 bits per heavy atom. The zero-order valence-corrected chi connectivity index (χ0v) is 17.5. The van der Waals surface area contributed by atoms with Crippen LogP contribution in [0.4, 0.5) is 10.1 Å². The molecule has 1 amide bonds. The van der Waals surface area contributed by atoms with Gasteiger partial charge in [0, 0.05) is 26.3 Å². The maximum Gasteiger partial charge on any atom is 0.243 e. The third-order valence-electron chi connectivity index (χ3n) is 3.65. The Hall–Kier alpha value is -2.16. The molecule has 5 nitrogen and oxygen atoms in total. The molecule has 2 aromatic carbocycles. The summed E-state index contributed by atoms with van der Waals surface area (Å²) in [7, 11) is 3.58. The molecule has 140 valence electrons. The van der Waals surface area contributed by atoms with Crippen LogP contribution in [-0.2, 0) is 11.3 Å². The fourth-order valence-corrected chi connectivity index (χ4v) is 2.32. The van der Waals surface area contributed by atoms with Crippen LogP contribution in [0.2, 0.25) is 0 Å². The van der Waals surface area contributed by atoms with Crippen LogP contribution in [0.3, 0.4) is 0 Å². The van der Waals surface area contributed by atoms with Crippen LogP contribution in [0, 0.1) is 12.7 Å². The molecule has 0 atom stereocenters. The van der Waals surface area contributed by atoms with Crippen LogP contribution >= 0.6 is 24.0 Å². The van der Waals surface area contributed by atoms with Gasteiger partial charge in [-0.1, -0.05) is 29.8 Å². The average molecular weight is 470 g/mol. The molecule has 7 heteroatoms. The molecule has 2 N–H and O–H groups in total. The van der Waals surface area contributed by atoms with E-state index >= 15 is 0 Å². The lowest BCUT2D eigenvalue weighted by atomic mass is 10.1. The summed E-state index contributed by atoms with van der Waals surface area (Å²) in [6.07, 6.45) is 0. The summed E-state index contributed by atoms with van der Waals surface area (Å²) in [6, 6.07) is 13.9. The van der Waals surface area contributed by atoms with E-state index in [9.17, 15) is 9.18 Å². The average Bonchev–Trinajstić information content (AvgIpc) is 2.59. The Kier molecular flexibility index (Phi) is 9.04. The topological polar surface area (TPSA) is 56.7 Å². The van der Waals surface area contributed by atoms with Gasteiger partial charge >= 0.3 is 0 Å². The summed E-state index contributed by atoms with van der Waals surface area (Å²) in [6.45, 7) is 2.80. The van der Waals surface area contributed by atoms with Crippen LogP contribution in [0.1, 0.15) is 11.1 Å². The molecule has 0 aliphatic heterocycles. The second-order valence-corrected chi connectivity index (χ2v) is 5.80. The molecular weight excluding hydrogens is 446 g/mol. The molecule has 0 bridgehead atoms. The van der Waals surface area contributed by atoms with E-state index in [-0.39, 0.29) is 42.2 Å². The molecule has 0 saturated heterocycles. The van der Waals surface area contributed by atoms with Crippen molar-refractivity contribution in [3.8, 4) is 0 Å². The predicted molar refractivity (Wildman–Crippen MR) is 114 cm³/mol. The molecule has 0 aliphatic rings. The molecule has 0 saturated carbocycles. The van der Waals surface area contributed by atoms with E-state index in [4.69, 9.17) is 0 Å². The number of nitrogens with one attached hydrogen (secondary N) is 2. The largest absolute Gasteiger partial charge is 0.347 e. The lowest BCUT2D eigenvalue weighted by Crippen LogP contribution is -2.42. The second-order valence-electron chi connectivity index (χ2n) is 5.80. The number of nitrogens with zero attached hydrogens (tertiary/aromatic N) is 2. The summed E-state index contributed by atoms with van der Waals surface area (Å²) < 4.78 is 12.9. The maximum absolute atomic E-state index is 12.9. The number of carbonyl (C=O) groups is 1. The Balaban J connectivity index is 0.00000338. The minimum Gasteiger partial charge on any atom is -0.347 e. The third-order valence-corrected chi connectivity index (χ3v) is 3.65. The lowest BCUT2D eigenvalue weighted by molar-refractivity contribution is -0.115. The Morgan fingerprint density at radius 3 is 2.31 bits per heavy atom. The van der Waals surface area contributed by atoms with Gasteiger partial charge in [-0.15, -0.1) is 24.0 Å². The van der Waals surface area contributed by atoms with Gasteiger partial charge in [0.05, 0.1) is 6.54 Å². The van der Waals surface area contributed by atoms with Crippen molar-refractivity contribution < 1.29 is 9.18 Å². The van der Waals surface area contributed by atoms with E-state index in [0.717, 1.165) is 5.56 Å². The van der Waals surface area contributed by atoms with Crippen LogP contribution < -0.4 is 10.6 Å². The smallest absolute Gasteiger partial charge is 0.243 e. The van der Waals surface area contributed by atoms with Crippen LogP contribution in [-0.4, -0.2) is 37.4 Å². The fourth-order valence-electron chi connectivity index (χ4n) is 2.32.